The first-order chi connectivity index (χ1) is 17.3. The van der Waals surface area contributed by atoms with Crippen LogP contribution in [0.2, 0.25) is 0 Å². The molecule has 4 rings (SSSR count). The highest BCUT2D eigenvalue weighted by Gasteiger charge is 2.31. The van der Waals surface area contributed by atoms with Gasteiger partial charge in [-0.15, -0.1) is 0 Å². The summed E-state index contributed by atoms with van der Waals surface area (Å²) in [5, 5.41) is 20.0. The Kier molecular flexibility index (Phi) is 7.51. The van der Waals surface area contributed by atoms with Gasteiger partial charge in [-0.2, -0.15) is 0 Å². The minimum Gasteiger partial charge on any atom is -0.507 e. The Hall–Kier alpha value is -3.57. The third kappa shape index (κ3) is 4.76. The molecule has 11 heteroatoms. The Morgan fingerprint density at radius 1 is 1.14 bits per heavy atom. The topological polar surface area (TPSA) is 120 Å². The van der Waals surface area contributed by atoms with Crippen LogP contribution in [0.15, 0.2) is 56.4 Å². The molecule has 188 valence electrons. The van der Waals surface area contributed by atoms with Crippen molar-refractivity contribution in [2.24, 2.45) is 4.99 Å². The van der Waals surface area contributed by atoms with Crippen molar-refractivity contribution in [1.29, 1.82) is 0 Å². The third-order valence-electron chi connectivity index (χ3n) is 5.39. The fourth-order valence-corrected chi connectivity index (χ4v) is 5.13. The zero-order chi connectivity index (χ0) is 26.0. The Balaban J connectivity index is 1.92. The quantitative estimate of drug-likeness (QED) is 0.416. The lowest BCUT2D eigenvalue weighted by molar-refractivity contribution is -0.136. The number of hydrogen-bond acceptors (Lipinski definition) is 9. The highest BCUT2D eigenvalue weighted by atomic mass is 79.9. The minimum atomic E-state index is -0.828. The standard InChI is InChI=1S/C25H23BrN2O7S/c1-4-34-19-7-6-13(9-20(19)35-5-2)22-15(24(32)33-3)12-27-25-28(22)23(31)21(36-25)10-14-8-16(26)18(30)11-17(14)29/h6-12,22,29-30H,4-5H2,1-3H3/b21-10-/t22-/m0/s1. The molecule has 0 spiro atoms. The summed E-state index contributed by atoms with van der Waals surface area (Å²) in [6.45, 7) is 4.56. The van der Waals surface area contributed by atoms with E-state index in [0.29, 0.717) is 45.1 Å². The van der Waals surface area contributed by atoms with Crippen molar-refractivity contribution in [2.45, 2.75) is 19.9 Å². The number of benzene rings is 2. The van der Waals surface area contributed by atoms with Crippen molar-refractivity contribution in [3.05, 3.63) is 77.4 Å². The number of phenols is 2. The van der Waals surface area contributed by atoms with E-state index in [0.717, 1.165) is 11.3 Å². The molecule has 0 saturated heterocycles. The first kappa shape index (κ1) is 25.5. The smallest absolute Gasteiger partial charge is 0.337 e. The molecule has 1 aliphatic heterocycles. The van der Waals surface area contributed by atoms with Gasteiger partial charge in [0.05, 0.1) is 40.9 Å². The molecule has 3 aromatic rings. The van der Waals surface area contributed by atoms with Crippen LogP contribution in [-0.2, 0) is 9.53 Å². The lowest BCUT2D eigenvalue weighted by Gasteiger charge is -2.23. The summed E-state index contributed by atoms with van der Waals surface area (Å²) in [5.41, 5.74) is 0.705. The average molecular weight is 575 g/mol. The van der Waals surface area contributed by atoms with Gasteiger partial charge >= 0.3 is 5.97 Å². The lowest BCUT2D eigenvalue weighted by Crippen LogP contribution is -2.39. The number of methoxy groups -OCH3 is 1. The highest BCUT2D eigenvalue weighted by Crippen LogP contribution is 2.35. The third-order valence-corrected chi connectivity index (χ3v) is 7.02. The molecule has 0 radical (unpaired) electrons. The molecule has 9 nitrogen and oxygen atoms in total. The van der Waals surface area contributed by atoms with Crippen LogP contribution in [0.1, 0.15) is 31.0 Å². The predicted molar refractivity (Wildman–Crippen MR) is 137 cm³/mol. The molecular formula is C25H23BrN2O7S. The van der Waals surface area contributed by atoms with E-state index in [4.69, 9.17) is 14.2 Å². The maximum absolute atomic E-state index is 13.6. The Labute approximate surface area is 218 Å². The van der Waals surface area contributed by atoms with Crippen LogP contribution >= 0.6 is 27.3 Å². The first-order valence-electron chi connectivity index (χ1n) is 11.0. The molecule has 0 fully saturated rings. The van der Waals surface area contributed by atoms with E-state index in [1.165, 1.54) is 36.1 Å². The average Bonchev–Trinajstić information content (AvgIpc) is 3.18. The van der Waals surface area contributed by atoms with E-state index >= 15 is 0 Å². The number of carbonyl (C=O) groups is 1. The Morgan fingerprint density at radius 3 is 2.56 bits per heavy atom. The maximum Gasteiger partial charge on any atom is 0.337 e. The maximum atomic E-state index is 13.6. The molecule has 2 heterocycles. The second kappa shape index (κ2) is 10.6. The summed E-state index contributed by atoms with van der Waals surface area (Å²) in [5.74, 6) is 0.0900. The molecule has 0 saturated carbocycles. The lowest BCUT2D eigenvalue weighted by atomic mass is 9.97. The van der Waals surface area contributed by atoms with Gasteiger partial charge in [0.15, 0.2) is 16.3 Å². The number of ether oxygens (including phenoxy) is 3. The van der Waals surface area contributed by atoms with Crippen molar-refractivity contribution in [3.8, 4) is 23.0 Å². The van der Waals surface area contributed by atoms with Gasteiger partial charge in [-0.25, -0.2) is 9.79 Å². The van der Waals surface area contributed by atoms with Crippen molar-refractivity contribution >= 4 is 39.3 Å². The SMILES string of the molecule is CCOc1ccc([C@H]2C(C(=O)OC)=CN=c3s/c(=C\c4cc(Br)c(O)cc4O)c(=O)n32)cc1OCC. The molecule has 1 aromatic heterocycles. The molecule has 1 aliphatic rings. The number of hydrogen-bond donors (Lipinski definition) is 2. The molecule has 0 bridgehead atoms. The molecule has 0 unspecified atom stereocenters. The molecular weight excluding hydrogens is 552 g/mol. The molecule has 0 amide bonds. The number of rotatable bonds is 7. The number of halogens is 1. The van der Waals surface area contributed by atoms with Crippen LogP contribution in [0.25, 0.3) is 6.08 Å². The van der Waals surface area contributed by atoms with Crippen molar-refractivity contribution in [1.82, 2.24) is 4.57 Å². The second-order valence-corrected chi connectivity index (χ2v) is 9.47. The van der Waals surface area contributed by atoms with E-state index in [-0.39, 0.29) is 21.6 Å². The van der Waals surface area contributed by atoms with Crippen LogP contribution in [0.3, 0.4) is 0 Å². The second-order valence-electron chi connectivity index (χ2n) is 7.61. The summed E-state index contributed by atoms with van der Waals surface area (Å²) in [6.07, 6.45) is 2.91. The monoisotopic (exact) mass is 574 g/mol. The number of aromatic hydroxyl groups is 2. The van der Waals surface area contributed by atoms with Crippen LogP contribution < -0.4 is 24.4 Å². The number of nitrogens with zero attached hydrogens (tertiary/aromatic N) is 2. The zero-order valence-electron chi connectivity index (χ0n) is 19.6. The van der Waals surface area contributed by atoms with Crippen LogP contribution in [0, 0.1) is 0 Å². The summed E-state index contributed by atoms with van der Waals surface area (Å²) < 4.78 is 18.4. The number of carbonyl (C=O) groups excluding carboxylic acids is 1. The van der Waals surface area contributed by atoms with Gasteiger partial charge in [-0.1, -0.05) is 17.4 Å². The number of aromatic nitrogens is 1. The van der Waals surface area contributed by atoms with Gasteiger partial charge in [-0.3, -0.25) is 9.36 Å². The van der Waals surface area contributed by atoms with E-state index < -0.39 is 17.6 Å². The number of thiazole rings is 1. The van der Waals surface area contributed by atoms with Crippen molar-refractivity contribution in [3.63, 3.8) is 0 Å². The molecule has 2 N–H and O–H groups in total. The molecule has 36 heavy (non-hydrogen) atoms. The van der Waals surface area contributed by atoms with Crippen molar-refractivity contribution < 1.29 is 29.2 Å². The van der Waals surface area contributed by atoms with Crippen LogP contribution in [0.4, 0.5) is 0 Å². The van der Waals surface area contributed by atoms with E-state index in [9.17, 15) is 19.8 Å². The predicted octanol–water partition coefficient (Wildman–Crippen LogP) is 2.99. The zero-order valence-corrected chi connectivity index (χ0v) is 22.1. The Morgan fingerprint density at radius 2 is 1.86 bits per heavy atom. The van der Waals surface area contributed by atoms with Gasteiger partial charge in [-0.05, 0) is 59.6 Å². The van der Waals surface area contributed by atoms with Gasteiger partial charge in [0.2, 0.25) is 0 Å². The van der Waals surface area contributed by atoms with Crippen molar-refractivity contribution in [2.75, 3.05) is 20.3 Å². The minimum absolute atomic E-state index is 0.130. The fraction of sp³-hybridized carbons (Fsp3) is 0.240. The summed E-state index contributed by atoms with van der Waals surface area (Å²) in [4.78, 5) is 31.0. The summed E-state index contributed by atoms with van der Waals surface area (Å²) in [6, 6.07) is 7.09. The number of fused-ring (bicyclic) bond motifs is 1. The normalized spacial score (nSPS) is 15.1. The largest absolute Gasteiger partial charge is 0.507 e. The highest BCUT2D eigenvalue weighted by molar-refractivity contribution is 9.10. The molecule has 0 aliphatic carbocycles. The Bertz CT molecular complexity index is 1540. The van der Waals surface area contributed by atoms with Crippen LogP contribution in [0.5, 0.6) is 23.0 Å². The fourth-order valence-electron chi connectivity index (χ4n) is 3.81. The molecule has 1 atom stereocenters. The van der Waals surface area contributed by atoms with E-state index in [2.05, 4.69) is 20.9 Å². The first-order valence-corrected chi connectivity index (χ1v) is 12.6. The van der Waals surface area contributed by atoms with Crippen LogP contribution in [-0.4, -0.2) is 41.1 Å². The number of esters is 1. The summed E-state index contributed by atoms with van der Waals surface area (Å²) >= 11 is 4.32. The summed E-state index contributed by atoms with van der Waals surface area (Å²) in [7, 11) is 1.26. The van der Waals surface area contributed by atoms with E-state index in [1.54, 1.807) is 18.2 Å². The van der Waals surface area contributed by atoms with Gasteiger partial charge in [0, 0.05) is 17.8 Å². The van der Waals surface area contributed by atoms with E-state index in [1.807, 2.05) is 13.8 Å². The number of phenolic OH excluding ortho intramolecular Hbond substituents is 2. The van der Waals surface area contributed by atoms with Gasteiger partial charge in [0.25, 0.3) is 5.56 Å². The van der Waals surface area contributed by atoms with Gasteiger partial charge < -0.3 is 24.4 Å². The molecule has 2 aromatic carbocycles. The van der Waals surface area contributed by atoms with Gasteiger partial charge in [0.1, 0.15) is 11.5 Å².